The smallest absolute Gasteiger partial charge is 0.0193 e. The average Bonchev–Trinajstić information content (AvgIpc) is 2.41. The lowest BCUT2D eigenvalue weighted by atomic mass is 9.72. The molecule has 1 aliphatic heterocycles. The zero-order chi connectivity index (χ0) is 12.2. The quantitative estimate of drug-likeness (QED) is 0.698. The third kappa shape index (κ3) is 2.80. The highest BCUT2D eigenvalue weighted by molar-refractivity contribution is 5.00. The molecule has 96 valence electrons. The Hall–Kier alpha value is -0.0400. The highest BCUT2D eigenvalue weighted by atomic mass is 15.0. The summed E-state index contributed by atoms with van der Waals surface area (Å²) in [5, 5.41) is 3.68. The van der Waals surface area contributed by atoms with Crippen LogP contribution in [0.3, 0.4) is 0 Å². The third-order valence-electron chi connectivity index (χ3n) is 5.08. The zero-order valence-electron chi connectivity index (χ0n) is 12.0. The van der Waals surface area contributed by atoms with Crippen molar-refractivity contribution in [1.29, 1.82) is 0 Å². The number of hydrogen-bond acceptors (Lipinski definition) is 1. The molecular weight excluding hydrogens is 194 g/mol. The first-order chi connectivity index (χ1) is 7.56. The molecule has 0 bridgehead atoms. The molecule has 1 heterocycles. The summed E-state index contributed by atoms with van der Waals surface area (Å²) >= 11 is 0. The van der Waals surface area contributed by atoms with Crippen molar-refractivity contribution in [3.8, 4) is 0 Å². The third-order valence-corrected chi connectivity index (χ3v) is 5.08. The van der Waals surface area contributed by atoms with Crippen LogP contribution in [0.15, 0.2) is 0 Å². The largest absolute Gasteiger partial charge is 0.311 e. The Bertz CT molecular complexity index is 205. The van der Waals surface area contributed by atoms with Crippen molar-refractivity contribution < 1.29 is 0 Å². The van der Waals surface area contributed by atoms with Gasteiger partial charge in [0.25, 0.3) is 0 Å². The van der Waals surface area contributed by atoms with Gasteiger partial charge < -0.3 is 5.32 Å². The molecule has 2 unspecified atom stereocenters. The summed E-state index contributed by atoms with van der Waals surface area (Å²) in [7, 11) is 0. The summed E-state index contributed by atoms with van der Waals surface area (Å²) in [5.74, 6) is 0.845. The Balaban J connectivity index is 0.000000606. The molecule has 1 N–H and O–H groups in total. The molecule has 2 rings (SSSR count). The van der Waals surface area contributed by atoms with Gasteiger partial charge in [-0.05, 0) is 50.0 Å². The normalized spacial score (nSPS) is 38.6. The Morgan fingerprint density at radius 1 is 0.938 bits per heavy atom. The van der Waals surface area contributed by atoms with Gasteiger partial charge in [-0.3, -0.25) is 0 Å². The predicted molar refractivity (Wildman–Crippen MR) is 72.7 cm³/mol. The van der Waals surface area contributed by atoms with E-state index >= 15 is 0 Å². The summed E-state index contributed by atoms with van der Waals surface area (Å²) in [6, 6.07) is 0. The fourth-order valence-corrected chi connectivity index (χ4v) is 3.09. The van der Waals surface area contributed by atoms with Crippen LogP contribution in [0.1, 0.15) is 73.1 Å². The summed E-state index contributed by atoms with van der Waals surface area (Å²) in [6.45, 7) is 12.5. The van der Waals surface area contributed by atoms with Crippen molar-refractivity contribution in [1.82, 2.24) is 5.32 Å². The minimum absolute atomic E-state index is 0.576. The molecular formula is C15H31N. The summed E-state index contributed by atoms with van der Waals surface area (Å²) in [4.78, 5) is 0. The van der Waals surface area contributed by atoms with Gasteiger partial charge in [0.1, 0.15) is 0 Å². The number of rotatable bonds is 1. The molecule has 0 radical (unpaired) electrons. The van der Waals surface area contributed by atoms with Gasteiger partial charge in [-0.15, -0.1) is 0 Å². The van der Waals surface area contributed by atoms with Crippen molar-refractivity contribution in [3.63, 3.8) is 0 Å². The van der Waals surface area contributed by atoms with Gasteiger partial charge in [-0.2, -0.15) is 0 Å². The second kappa shape index (κ2) is 5.53. The molecule has 0 aromatic carbocycles. The van der Waals surface area contributed by atoms with Gasteiger partial charge in [0.15, 0.2) is 0 Å². The first-order valence-corrected chi connectivity index (χ1v) is 7.31. The van der Waals surface area contributed by atoms with Crippen LogP contribution in [-0.2, 0) is 0 Å². The number of hydrogen-bond donors (Lipinski definition) is 1. The van der Waals surface area contributed by atoms with E-state index in [1.807, 2.05) is 13.8 Å². The number of nitrogens with one attached hydrogen (secondary N) is 1. The van der Waals surface area contributed by atoms with Crippen LogP contribution in [0.25, 0.3) is 0 Å². The second-order valence-electron chi connectivity index (χ2n) is 6.12. The molecule has 1 saturated carbocycles. The zero-order valence-corrected chi connectivity index (χ0v) is 12.0. The van der Waals surface area contributed by atoms with E-state index in [0.29, 0.717) is 11.0 Å². The van der Waals surface area contributed by atoms with Gasteiger partial charge in [0.2, 0.25) is 0 Å². The van der Waals surface area contributed by atoms with Gasteiger partial charge in [-0.25, -0.2) is 0 Å². The van der Waals surface area contributed by atoms with Crippen LogP contribution in [0, 0.1) is 11.3 Å². The van der Waals surface area contributed by atoms with Crippen LogP contribution in [0.2, 0.25) is 0 Å². The van der Waals surface area contributed by atoms with Crippen molar-refractivity contribution >= 4 is 0 Å². The SMILES string of the molecule is CC.CC(C)C1(C)CCCC2(CCN2)CC1. The molecule has 1 saturated heterocycles. The highest BCUT2D eigenvalue weighted by Gasteiger charge is 2.41. The summed E-state index contributed by atoms with van der Waals surface area (Å²) < 4.78 is 0. The maximum atomic E-state index is 3.68. The van der Waals surface area contributed by atoms with Crippen molar-refractivity contribution in [2.75, 3.05) is 6.54 Å². The monoisotopic (exact) mass is 225 g/mol. The molecule has 2 atom stereocenters. The molecule has 2 fully saturated rings. The highest BCUT2D eigenvalue weighted by Crippen LogP contribution is 2.45. The molecule has 0 amide bonds. The second-order valence-corrected chi connectivity index (χ2v) is 6.12. The van der Waals surface area contributed by atoms with Crippen LogP contribution in [0.4, 0.5) is 0 Å². The van der Waals surface area contributed by atoms with Crippen molar-refractivity contribution in [2.45, 2.75) is 78.7 Å². The first kappa shape index (κ1) is 14.0. The van der Waals surface area contributed by atoms with E-state index in [1.165, 1.54) is 45.1 Å². The van der Waals surface area contributed by atoms with Gasteiger partial charge in [-0.1, -0.05) is 41.0 Å². The van der Waals surface area contributed by atoms with E-state index < -0.39 is 0 Å². The fourth-order valence-electron chi connectivity index (χ4n) is 3.09. The molecule has 1 nitrogen and oxygen atoms in total. The minimum atomic E-state index is 0.576. The van der Waals surface area contributed by atoms with E-state index in [-0.39, 0.29) is 0 Å². The molecule has 16 heavy (non-hydrogen) atoms. The molecule has 1 spiro atoms. The molecule has 1 aliphatic carbocycles. The fraction of sp³-hybridized carbons (Fsp3) is 1.00. The lowest BCUT2D eigenvalue weighted by molar-refractivity contribution is 0.150. The summed E-state index contributed by atoms with van der Waals surface area (Å²) in [6.07, 6.45) is 8.58. The molecule has 1 heteroatoms. The predicted octanol–water partition coefficient (Wildman–Crippen LogP) is 4.37. The maximum absolute atomic E-state index is 3.68. The molecule has 0 aromatic rings. The van der Waals surface area contributed by atoms with E-state index in [2.05, 4.69) is 26.1 Å². The van der Waals surface area contributed by atoms with Crippen molar-refractivity contribution in [2.24, 2.45) is 11.3 Å². The van der Waals surface area contributed by atoms with Crippen LogP contribution in [0.5, 0.6) is 0 Å². The van der Waals surface area contributed by atoms with Crippen molar-refractivity contribution in [3.05, 3.63) is 0 Å². The summed E-state index contributed by atoms with van der Waals surface area (Å²) in [5.41, 5.74) is 1.19. The lowest BCUT2D eigenvalue weighted by Gasteiger charge is -2.43. The van der Waals surface area contributed by atoms with E-state index in [1.54, 1.807) is 0 Å². The Labute approximate surface area is 102 Å². The Morgan fingerprint density at radius 2 is 1.56 bits per heavy atom. The van der Waals surface area contributed by atoms with E-state index in [4.69, 9.17) is 0 Å². The van der Waals surface area contributed by atoms with Crippen LogP contribution < -0.4 is 5.32 Å². The first-order valence-electron chi connectivity index (χ1n) is 7.31. The molecule has 2 aliphatic rings. The van der Waals surface area contributed by atoms with Crippen LogP contribution in [-0.4, -0.2) is 12.1 Å². The van der Waals surface area contributed by atoms with E-state index in [9.17, 15) is 0 Å². The standard InChI is InChI=1S/C13H25N.C2H6/c1-11(2)12(3)5-4-6-13(8-7-12)9-10-14-13;1-2/h11,14H,4-10H2,1-3H3;1-2H3. The van der Waals surface area contributed by atoms with Gasteiger partial charge >= 0.3 is 0 Å². The van der Waals surface area contributed by atoms with Crippen LogP contribution >= 0.6 is 0 Å². The lowest BCUT2D eigenvalue weighted by Crippen LogP contribution is -2.56. The average molecular weight is 225 g/mol. The van der Waals surface area contributed by atoms with Gasteiger partial charge in [0.05, 0.1) is 0 Å². The maximum Gasteiger partial charge on any atom is 0.0193 e. The van der Waals surface area contributed by atoms with E-state index in [0.717, 1.165) is 5.92 Å². The topological polar surface area (TPSA) is 12.0 Å². The molecule has 0 aromatic heterocycles. The Kier molecular flexibility index (Phi) is 4.85. The Morgan fingerprint density at radius 3 is 2.00 bits per heavy atom. The van der Waals surface area contributed by atoms with Gasteiger partial charge in [0, 0.05) is 5.54 Å². The minimum Gasteiger partial charge on any atom is -0.311 e.